The molecular formula is C18H18F2N2O4S. The summed E-state index contributed by atoms with van der Waals surface area (Å²) in [6.45, 7) is 0.520. The second-order valence-corrected chi connectivity index (χ2v) is 7.94. The summed E-state index contributed by atoms with van der Waals surface area (Å²) in [6, 6.07) is 9.19. The van der Waals surface area contributed by atoms with Crippen LogP contribution in [0.25, 0.3) is 0 Å². The van der Waals surface area contributed by atoms with Crippen LogP contribution in [0.1, 0.15) is 10.4 Å². The van der Waals surface area contributed by atoms with Gasteiger partial charge in [0.25, 0.3) is 5.91 Å². The summed E-state index contributed by atoms with van der Waals surface area (Å²) in [5.74, 6) is -2.00. The number of sulfonamides is 1. The Kier molecular flexibility index (Phi) is 5.43. The lowest BCUT2D eigenvalue weighted by atomic mass is 10.1. The molecule has 6 nitrogen and oxygen atoms in total. The van der Waals surface area contributed by atoms with E-state index in [4.69, 9.17) is 4.74 Å². The topological polar surface area (TPSA) is 66.9 Å². The van der Waals surface area contributed by atoms with Crippen molar-refractivity contribution in [1.29, 1.82) is 0 Å². The van der Waals surface area contributed by atoms with Crippen molar-refractivity contribution >= 4 is 15.9 Å². The fourth-order valence-electron chi connectivity index (χ4n) is 2.86. The third kappa shape index (κ3) is 3.93. The maximum atomic E-state index is 13.4. The number of methoxy groups -OCH3 is 1. The zero-order valence-electron chi connectivity index (χ0n) is 14.6. The Hall–Kier alpha value is -2.52. The number of halogens is 2. The van der Waals surface area contributed by atoms with Crippen molar-refractivity contribution in [2.24, 2.45) is 0 Å². The van der Waals surface area contributed by atoms with E-state index in [1.54, 1.807) is 29.2 Å². The summed E-state index contributed by atoms with van der Waals surface area (Å²) in [6.07, 6.45) is 0. The molecule has 1 saturated heterocycles. The Balaban J connectivity index is 1.70. The van der Waals surface area contributed by atoms with E-state index in [0.717, 1.165) is 16.4 Å². The Morgan fingerprint density at radius 2 is 1.70 bits per heavy atom. The lowest BCUT2D eigenvalue weighted by Crippen LogP contribution is -2.50. The molecule has 27 heavy (non-hydrogen) atoms. The van der Waals surface area contributed by atoms with E-state index < -0.39 is 21.7 Å². The molecule has 0 spiro atoms. The number of hydrogen-bond acceptors (Lipinski definition) is 4. The summed E-state index contributed by atoms with van der Waals surface area (Å²) < 4.78 is 57.9. The number of carbonyl (C=O) groups excluding carboxylic acids is 1. The first-order chi connectivity index (χ1) is 12.8. The van der Waals surface area contributed by atoms with Gasteiger partial charge in [-0.15, -0.1) is 0 Å². The Morgan fingerprint density at radius 3 is 2.33 bits per heavy atom. The van der Waals surface area contributed by atoms with Gasteiger partial charge in [0, 0.05) is 31.7 Å². The molecule has 0 N–H and O–H groups in total. The van der Waals surface area contributed by atoms with Crippen LogP contribution in [0.5, 0.6) is 5.75 Å². The van der Waals surface area contributed by atoms with Gasteiger partial charge in [-0.25, -0.2) is 17.2 Å². The highest BCUT2D eigenvalue weighted by atomic mass is 32.2. The van der Waals surface area contributed by atoms with Crippen molar-refractivity contribution in [3.63, 3.8) is 0 Å². The van der Waals surface area contributed by atoms with E-state index in [2.05, 4.69) is 0 Å². The molecular weight excluding hydrogens is 378 g/mol. The highest BCUT2D eigenvalue weighted by Crippen LogP contribution is 2.21. The first-order valence-corrected chi connectivity index (χ1v) is 9.65. The predicted octanol–water partition coefficient (Wildman–Crippen LogP) is 2.12. The van der Waals surface area contributed by atoms with Crippen molar-refractivity contribution in [1.82, 2.24) is 9.21 Å². The van der Waals surface area contributed by atoms with E-state index in [1.807, 2.05) is 0 Å². The van der Waals surface area contributed by atoms with E-state index in [1.165, 1.54) is 7.11 Å². The molecule has 2 aromatic carbocycles. The van der Waals surface area contributed by atoms with E-state index in [9.17, 15) is 22.0 Å². The van der Waals surface area contributed by atoms with Crippen LogP contribution < -0.4 is 4.74 Å². The van der Waals surface area contributed by atoms with Gasteiger partial charge in [0.1, 0.15) is 5.75 Å². The molecule has 3 rings (SSSR count). The minimum Gasteiger partial charge on any atom is -0.497 e. The zero-order chi connectivity index (χ0) is 19.6. The van der Waals surface area contributed by atoms with E-state index >= 15 is 0 Å². The van der Waals surface area contributed by atoms with Gasteiger partial charge in [-0.3, -0.25) is 4.79 Å². The van der Waals surface area contributed by atoms with Crippen LogP contribution in [0.15, 0.2) is 47.4 Å². The molecule has 1 heterocycles. The van der Waals surface area contributed by atoms with Crippen LogP contribution in [-0.4, -0.2) is 56.8 Å². The van der Waals surface area contributed by atoms with Crippen molar-refractivity contribution in [3.05, 3.63) is 59.7 Å². The molecule has 0 unspecified atom stereocenters. The minimum absolute atomic E-state index is 0.0665. The predicted molar refractivity (Wildman–Crippen MR) is 94.0 cm³/mol. The largest absolute Gasteiger partial charge is 0.497 e. The molecule has 1 aliphatic rings. The van der Waals surface area contributed by atoms with E-state index in [0.29, 0.717) is 17.4 Å². The number of nitrogens with zero attached hydrogens (tertiary/aromatic N) is 2. The molecule has 0 bridgehead atoms. The SMILES string of the molecule is COc1cccc(C(=O)N2CCN(S(=O)(=O)c3ccc(F)c(F)c3)CC2)c1. The molecule has 2 aromatic rings. The van der Waals surface area contributed by atoms with Crippen LogP contribution in [0.3, 0.4) is 0 Å². The Labute approximate surface area is 156 Å². The molecule has 144 valence electrons. The summed E-state index contributed by atoms with van der Waals surface area (Å²) in [7, 11) is -2.45. The first kappa shape index (κ1) is 19.2. The van der Waals surface area contributed by atoms with Crippen molar-refractivity contribution in [2.75, 3.05) is 33.3 Å². The van der Waals surface area contributed by atoms with Crippen LogP contribution in [-0.2, 0) is 10.0 Å². The summed E-state index contributed by atoms with van der Waals surface area (Å²) in [5.41, 5.74) is 0.450. The monoisotopic (exact) mass is 396 g/mol. The number of piperazine rings is 1. The standard InChI is InChI=1S/C18H18F2N2O4S/c1-26-14-4-2-3-13(11-14)18(23)21-7-9-22(10-8-21)27(24,25)15-5-6-16(19)17(20)12-15/h2-6,11-12H,7-10H2,1H3. The second-order valence-electron chi connectivity index (χ2n) is 6.00. The molecule has 1 aliphatic heterocycles. The highest BCUT2D eigenvalue weighted by Gasteiger charge is 2.31. The summed E-state index contributed by atoms with van der Waals surface area (Å²) in [4.78, 5) is 13.8. The molecule has 0 atom stereocenters. The fraction of sp³-hybridized carbons (Fsp3) is 0.278. The van der Waals surface area contributed by atoms with Gasteiger partial charge in [-0.1, -0.05) is 6.07 Å². The minimum atomic E-state index is -3.96. The van der Waals surface area contributed by atoms with Gasteiger partial charge < -0.3 is 9.64 Å². The number of ether oxygens (including phenoxy) is 1. The van der Waals surface area contributed by atoms with Crippen LogP contribution >= 0.6 is 0 Å². The average molecular weight is 396 g/mol. The van der Waals surface area contributed by atoms with Crippen LogP contribution in [0.4, 0.5) is 8.78 Å². The van der Waals surface area contributed by atoms with E-state index in [-0.39, 0.29) is 37.0 Å². The van der Waals surface area contributed by atoms with Gasteiger partial charge in [0.15, 0.2) is 11.6 Å². The second kappa shape index (κ2) is 7.61. The maximum absolute atomic E-state index is 13.4. The first-order valence-electron chi connectivity index (χ1n) is 8.21. The van der Waals surface area contributed by atoms with Gasteiger partial charge in [0.2, 0.25) is 10.0 Å². The summed E-state index contributed by atoms with van der Waals surface area (Å²) >= 11 is 0. The maximum Gasteiger partial charge on any atom is 0.254 e. The number of carbonyl (C=O) groups is 1. The van der Waals surface area contributed by atoms with Crippen LogP contribution in [0, 0.1) is 11.6 Å². The highest BCUT2D eigenvalue weighted by molar-refractivity contribution is 7.89. The smallest absolute Gasteiger partial charge is 0.254 e. The molecule has 1 fully saturated rings. The number of hydrogen-bond donors (Lipinski definition) is 0. The molecule has 0 radical (unpaired) electrons. The van der Waals surface area contributed by atoms with Crippen molar-refractivity contribution in [3.8, 4) is 5.75 Å². The third-order valence-electron chi connectivity index (χ3n) is 4.37. The van der Waals surface area contributed by atoms with Crippen LogP contribution in [0.2, 0.25) is 0 Å². The zero-order valence-corrected chi connectivity index (χ0v) is 15.4. The molecule has 1 amide bonds. The third-order valence-corrected chi connectivity index (χ3v) is 6.27. The van der Waals surface area contributed by atoms with Crippen molar-refractivity contribution < 1.29 is 26.7 Å². The average Bonchev–Trinajstić information content (AvgIpc) is 2.69. The number of amides is 1. The summed E-state index contributed by atoms with van der Waals surface area (Å²) in [5, 5.41) is 0. The molecule has 0 saturated carbocycles. The number of rotatable bonds is 4. The quantitative estimate of drug-likeness (QED) is 0.794. The molecule has 0 aliphatic carbocycles. The number of benzene rings is 2. The van der Waals surface area contributed by atoms with Gasteiger partial charge in [-0.2, -0.15) is 4.31 Å². The Bertz CT molecular complexity index is 958. The van der Waals surface area contributed by atoms with Gasteiger partial charge >= 0.3 is 0 Å². The molecule has 0 aromatic heterocycles. The van der Waals surface area contributed by atoms with Crippen molar-refractivity contribution in [2.45, 2.75) is 4.90 Å². The van der Waals surface area contributed by atoms with Gasteiger partial charge in [-0.05, 0) is 36.4 Å². The normalized spacial score (nSPS) is 15.6. The molecule has 9 heteroatoms. The lowest BCUT2D eigenvalue weighted by molar-refractivity contribution is 0.0697. The van der Waals surface area contributed by atoms with Gasteiger partial charge in [0.05, 0.1) is 12.0 Å². The fourth-order valence-corrected chi connectivity index (χ4v) is 4.29. The lowest BCUT2D eigenvalue weighted by Gasteiger charge is -2.34. The Morgan fingerprint density at radius 1 is 1.00 bits per heavy atom.